The molecule has 0 saturated carbocycles. The number of hydrogen-bond acceptors (Lipinski definition) is 1. The van der Waals surface area contributed by atoms with Gasteiger partial charge >= 0.3 is 0 Å². The van der Waals surface area contributed by atoms with E-state index in [-0.39, 0.29) is 0 Å². The minimum Gasteiger partial charge on any atom is -0.292 e. The predicted molar refractivity (Wildman–Crippen MR) is 61.0 cm³/mol. The highest BCUT2D eigenvalue weighted by molar-refractivity contribution is 5.33. The third-order valence-corrected chi connectivity index (χ3v) is 1.80. The van der Waals surface area contributed by atoms with Crippen molar-refractivity contribution in [2.24, 2.45) is 0 Å². The molecule has 0 N–H and O–H groups in total. The topological polar surface area (TPSA) is 3.24 Å². The molecule has 0 spiro atoms. The molecule has 1 nitrogen and oxygen atoms in total. The summed E-state index contributed by atoms with van der Waals surface area (Å²) in [4.78, 5) is 2.11. The fraction of sp³-hybridized carbons (Fsp3) is 0.231. The Morgan fingerprint density at radius 3 is 2.71 bits per heavy atom. The first-order chi connectivity index (χ1) is 6.83. The molecule has 0 bridgehead atoms. The molecule has 72 valence electrons. The average molecular weight is 185 g/mol. The highest BCUT2D eigenvalue weighted by atomic mass is 15.1. The van der Waals surface area contributed by atoms with Crippen LogP contribution in [0.25, 0.3) is 0 Å². The summed E-state index contributed by atoms with van der Waals surface area (Å²) in [7, 11) is 2.03. The maximum Gasteiger partial charge on any atom is 0.0605 e. The second kappa shape index (κ2) is 6.01. The van der Waals surface area contributed by atoms with Crippen LogP contribution in [-0.2, 0) is 0 Å². The zero-order valence-corrected chi connectivity index (χ0v) is 8.53. The molecule has 0 radical (unpaired) electrons. The summed E-state index contributed by atoms with van der Waals surface area (Å²) in [5.74, 6) is 6.22. The molecule has 0 aliphatic heterocycles. The first-order valence-corrected chi connectivity index (χ1v) is 4.66. The normalized spacial score (nSPS) is 9.29. The number of hydrogen-bond donors (Lipinski definition) is 0. The lowest BCUT2D eigenvalue weighted by Gasteiger charge is -2.08. The second-order valence-corrected chi connectivity index (χ2v) is 3.15. The Morgan fingerprint density at radius 2 is 2.07 bits per heavy atom. The molecule has 1 heteroatoms. The SMILES string of the molecule is C=CCN(C)CC#Cc1ccccc1. The standard InChI is InChI=1S/C13H15N/c1-3-11-14(2)12-7-10-13-8-5-4-6-9-13/h3-6,8-9H,1,11-12H2,2H3. The van der Waals surface area contributed by atoms with Crippen LogP contribution in [0.3, 0.4) is 0 Å². The third kappa shape index (κ3) is 3.93. The van der Waals surface area contributed by atoms with Crippen LogP contribution in [0.5, 0.6) is 0 Å². The second-order valence-electron chi connectivity index (χ2n) is 3.15. The van der Waals surface area contributed by atoms with Gasteiger partial charge in [-0.05, 0) is 19.2 Å². The van der Waals surface area contributed by atoms with Crippen LogP contribution < -0.4 is 0 Å². The van der Waals surface area contributed by atoms with Gasteiger partial charge in [0.15, 0.2) is 0 Å². The van der Waals surface area contributed by atoms with Crippen LogP contribution in [-0.4, -0.2) is 25.0 Å². The van der Waals surface area contributed by atoms with Crippen molar-refractivity contribution in [1.29, 1.82) is 0 Å². The van der Waals surface area contributed by atoms with Crippen molar-refractivity contribution in [2.45, 2.75) is 0 Å². The summed E-state index contributed by atoms with van der Waals surface area (Å²) in [6.07, 6.45) is 1.88. The van der Waals surface area contributed by atoms with Gasteiger partial charge in [0.05, 0.1) is 6.54 Å². The third-order valence-electron chi connectivity index (χ3n) is 1.80. The van der Waals surface area contributed by atoms with Crippen molar-refractivity contribution < 1.29 is 0 Å². The molecule has 0 amide bonds. The highest BCUT2D eigenvalue weighted by Gasteiger charge is 1.88. The van der Waals surface area contributed by atoms with Crippen molar-refractivity contribution in [2.75, 3.05) is 20.1 Å². The molecule has 14 heavy (non-hydrogen) atoms. The monoisotopic (exact) mass is 185 g/mol. The fourth-order valence-electron chi connectivity index (χ4n) is 1.08. The lowest BCUT2D eigenvalue weighted by Crippen LogP contribution is -2.17. The van der Waals surface area contributed by atoms with E-state index in [0.29, 0.717) is 0 Å². The predicted octanol–water partition coefficient (Wildman–Crippen LogP) is 2.16. The molecule has 0 aliphatic rings. The van der Waals surface area contributed by atoms with Gasteiger partial charge in [-0.1, -0.05) is 36.1 Å². The Morgan fingerprint density at radius 1 is 1.36 bits per heavy atom. The minimum atomic E-state index is 0.779. The summed E-state index contributed by atoms with van der Waals surface area (Å²) in [6, 6.07) is 10.0. The van der Waals surface area contributed by atoms with E-state index in [0.717, 1.165) is 18.7 Å². The van der Waals surface area contributed by atoms with Crippen LogP contribution in [0, 0.1) is 11.8 Å². The van der Waals surface area contributed by atoms with Gasteiger partial charge in [0.25, 0.3) is 0 Å². The van der Waals surface area contributed by atoms with Crippen molar-refractivity contribution in [3.8, 4) is 11.8 Å². The first-order valence-electron chi connectivity index (χ1n) is 4.66. The summed E-state index contributed by atoms with van der Waals surface area (Å²) < 4.78 is 0. The zero-order chi connectivity index (χ0) is 10.2. The van der Waals surface area contributed by atoms with Gasteiger partial charge in [-0.25, -0.2) is 0 Å². The number of likely N-dealkylation sites (N-methyl/N-ethyl adjacent to an activating group) is 1. The first kappa shape index (κ1) is 10.6. The van der Waals surface area contributed by atoms with Crippen molar-refractivity contribution in [3.63, 3.8) is 0 Å². The van der Waals surface area contributed by atoms with Gasteiger partial charge in [-0.15, -0.1) is 6.58 Å². The quantitative estimate of drug-likeness (QED) is 0.515. The summed E-state index contributed by atoms with van der Waals surface area (Å²) in [5.41, 5.74) is 1.07. The summed E-state index contributed by atoms with van der Waals surface area (Å²) in [6.45, 7) is 5.33. The van der Waals surface area contributed by atoms with Crippen molar-refractivity contribution in [3.05, 3.63) is 48.6 Å². The van der Waals surface area contributed by atoms with Gasteiger partial charge in [0, 0.05) is 12.1 Å². The van der Waals surface area contributed by atoms with E-state index in [1.807, 2.05) is 43.5 Å². The lowest BCUT2D eigenvalue weighted by molar-refractivity contribution is 0.419. The Kier molecular flexibility index (Phi) is 4.54. The Bertz CT molecular complexity index is 329. The molecule has 0 aliphatic carbocycles. The molecule has 0 atom stereocenters. The molecular weight excluding hydrogens is 170 g/mol. The molecule has 0 heterocycles. The van der Waals surface area contributed by atoms with E-state index in [4.69, 9.17) is 0 Å². The van der Waals surface area contributed by atoms with E-state index in [1.54, 1.807) is 0 Å². The molecule has 1 aromatic rings. The van der Waals surface area contributed by atoms with Crippen LogP contribution in [0.15, 0.2) is 43.0 Å². The molecule has 0 fully saturated rings. The lowest BCUT2D eigenvalue weighted by atomic mass is 10.2. The average Bonchev–Trinajstić information content (AvgIpc) is 2.20. The molecule has 0 saturated heterocycles. The number of benzene rings is 1. The molecule has 1 aromatic carbocycles. The smallest absolute Gasteiger partial charge is 0.0605 e. The van der Waals surface area contributed by atoms with Crippen molar-refractivity contribution >= 4 is 0 Å². The van der Waals surface area contributed by atoms with Gasteiger partial charge in [0.2, 0.25) is 0 Å². The Hall–Kier alpha value is -1.52. The number of rotatable bonds is 3. The van der Waals surface area contributed by atoms with E-state index < -0.39 is 0 Å². The van der Waals surface area contributed by atoms with Crippen LogP contribution in [0.2, 0.25) is 0 Å². The van der Waals surface area contributed by atoms with Crippen LogP contribution in [0.1, 0.15) is 5.56 Å². The fourth-order valence-corrected chi connectivity index (χ4v) is 1.08. The van der Waals surface area contributed by atoms with E-state index in [1.165, 1.54) is 0 Å². The number of nitrogens with zero attached hydrogens (tertiary/aromatic N) is 1. The maximum absolute atomic E-state index is 3.68. The van der Waals surface area contributed by atoms with Gasteiger partial charge in [0.1, 0.15) is 0 Å². The maximum atomic E-state index is 3.68. The summed E-state index contributed by atoms with van der Waals surface area (Å²) in [5, 5.41) is 0. The molecule has 1 rings (SSSR count). The van der Waals surface area contributed by atoms with Gasteiger partial charge < -0.3 is 0 Å². The van der Waals surface area contributed by atoms with Crippen LogP contribution in [0.4, 0.5) is 0 Å². The molecule has 0 unspecified atom stereocenters. The van der Waals surface area contributed by atoms with E-state index >= 15 is 0 Å². The Labute approximate surface area is 86.1 Å². The Balaban J connectivity index is 2.45. The molecule has 0 aromatic heterocycles. The summed E-state index contributed by atoms with van der Waals surface area (Å²) >= 11 is 0. The minimum absolute atomic E-state index is 0.779. The highest BCUT2D eigenvalue weighted by Crippen LogP contribution is 1.94. The zero-order valence-electron chi connectivity index (χ0n) is 8.53. The van der Waals surface area contributed by atoms with Crippen molar-refractivity contribution in [1.82, 2.24) is 4.90 Å². The molecular formula is C13H15N. The van der Waals surface area contributed by atoms with E-state index in [2.05, 4.69) is 23.3 Å². The largest absolute Gasteiger partial charge is 0.292 e. The van der Waals surface area contributed by atoms with Crippen LogP contribution >= 0.6 is 0 Å². The van der Waals surface area contributed by atoms with Gasteiger partial charge in [-0.3, -0.25) is 4.90 Å². The van der Waals surface area contributed by atoms with Gasteiger partial charge in [-0.2, -0.15) is 0 Å². The van der Waals surface area contributed by atoms with E-state index in [9.17, 15) is 0 Å².